The van der Waals surface area contributed by atoms with E-state index in [0.717, 1.165) is 24.9 Å². The van der Waals surface area contributed by atoms with Crippen LogP contribution < -0.4 is 5.32 Å². The van der Waals surface area contributed by atoms with E-state index in [-0.39, 0.29) is 17.7 Å². The van der Waals surface area contributed by atoms with Gasteiger partial charge in [-0.1, -0.05) is 0 Å². The number of carbonyl (C=O) groups excluding carboxylic acids is 2. The first-order valence-electron chi connectivity index (χ1n) is 7.95. The summed E-state index contributed by atoms with van der Waals surface area (Å²) in [5.41, 5.74) is 2.25. The van der Waals surface area contributed by atoms with Gasteiger partial charge in [-0.2, -0.15) is 0 Å². The molecule has 0 saturated carbocycles. The summed E-state index contributed by atoms with van der Waals surface area (Å²) in [5.74, 6) is 1.40. The largest absolute Gasteiger partial charge is 0.343 e. The van der Waals surface area contributed by atoms with Gasteiger partial charge < -0.3 is 10.2 Å². The van der Waals surface area contributed by atoms with Gasteiger partial charge in [0.05, 0.1) is 0 Å². The third kappa shape index (κ3) is 3.46. The molecule has 4 nitrogen and oxygen atoms in total. The minimum atomic E-state index is 0.0148. The molecule has 22 heavy (non-hydrogen) atoms. The van der Waals surface area contributed by atoms with Gasteiger partial charge in [-0.15, -0.1) is 11.8 Å². The molecular weight excluding hydrogens is 296 g/mol. The lowest BCUT2D eigenvalue weighted by atomic mass is 9.95. The maximum Gasteiger partial charge on any atom is 0.227 e. The number of hydrogen-bond donors (Lipinski definition) is 1. The number of nitrogens with one attached hydrogen (secondary N) is 1. The molecule has 0 atom stereocenters. The van der Waals surface area contributed by atoms with E-state index in [0.29, 0.717) is 13.1 Å². The van der Waals surface area contributed by atoms with Crippen LogP contribution in [0, 0.1) is 5.92 Å². The Labute approximate surface area is 135 Å². The Morgan fingerprint density at radius 3 is 2.77 bits per heavy atom. The number of rotatable bonds is 2. The predicted molar refractivity (Wildman–Crippen MR) is 89.1 cm³/mol. The quantitative estimate of drug-likeness (QED) is 0.912. The van der Waals surface area contributed by atoms with Crippen molar-refractivity contribution in [3.63, 3.8) is 0 Å². The molecule has 1 N–H and O–H groups in total. The standard InChI is InChI=1S/C17H22N2O2S/c1-12(20)19-8-6-13(7-9-19)17(21)18-15-4-5-16-14(11-15)3-2-10-22-16/h4-5,11,13H,2-3,6-10H2,1H3,(H,18,21). The van der Waals surface area contributed by atoms with Gasteiger partial charge >= 0.3 is 0 Å². The number of likely N-dealkylation sites (tertiary alicyclic amines) is 1. The van der Waals surface area contributed by atoms with Gasteiger partial charge in [0.15, 0.2) is 0 Å². The topological polar surface area (TPSA) is 49.4 Å². The molecule has 0 unspecified atom stereocenters. The summed E-state index contributed by atoms with van der Waals surface area (Å²) >= 11 is 1.90. The summed E-state index contributed by atoms with van der Waals surface area (Å²) in [6, 6.07) is 6.23. The first-order chi connectivity index (χ1) is 10.6. The lowest BCUT2D eigenvalue weighted by molar-refractivity contribution is -0.132. The van der Waals surface area contributed by atoms with E-state index in [4.69, 9.17) is 0 Å². The molecule has 5 heteroatoms. The van der Waals surface area contributed by atoms with Crippen molar-refractivity contribution in [3.05, 3.63) is 23.8 Å². The van der Waals surface area contributed by atoms with E-state index >= 15 is 0 Å². The minimum Gasteiger partial charge on any atom is -0.343 e. The fourth-order valence-electron chi connectivity index (χ4n) is 3.14. The molecule has 1 saturated heterocycles. The van der Waals surface area contributed by atoms with Crippen LogP contribution in [0.25, 0.3) is 0 Å². The van der Waals surface area contributed by atoms with E-state index in [1.54, 1.807) is 6.92 Å². The molecule has 0 aliphatic carbocycles. The van der Waals surface area contributed by atoms with Crippen LogP contribution in [0.4, 0.5) is 5.69 Å². The second-order valence-electron chi connectivity index (χ2n) is 6.04. The molecule has 118 valence electrons. The highest BCUT2D eigenvalue weighted by Gasteiger charge is 2.26. The van der Waals surface area contributed by atoms with Gasteiger partial charge in [-0.05, 0) is 55.2 Å². The van der Waals surface area contributed by atoms with Crippen LogP contribution in [0.1, 0.15) is 31.7 Å². The predicted octanol–water partition coefficient (Wildman–Crippen LogP) is 2.92. The summed E-state index contributed by atoms with van der Waals surface area (Å²) in [6.45, 7) is 2.97. The van der Waals surface area contributed by atoms with Crippen LogP contribution in [0.3, 0.4) is 0 Å². The average Bonchev–Trinajstić information content (AvgIpc) is 2.55. The number of carbonyl (C=O) groups is 2. The highest BCUT2D eigenvalue weighted by atomic mass is 32.2. The summed E-state index contributed by atoms with van der Waals surface area (Å²) in [6.07, 6.45) is 3.82. The number of piperidine rings is 1. The molecule has 2 aliphatic rings. The molecule has 0 spiro atoms. The van der Waals surface area contributed by atoms with E-state index in [2.05, 4.69) is 17.4 Å². The van der Waals surface area contributed by atoms with E-state index in [1.165, 1.54) is 22.6 Å². The van der Waals surface area contributed by atoms with Crippen molar-refractivity contribution in [2.24, 2.45) is 5.92 Å². The van der Waals surface area contributed by atoms with Crippen molar-refractivity contribution in [1.82, 2.24) is 4.90 Å². The SMILES string of the molecule is CC(=O)N1CCC(C(=O)Nc2ccc3c(c2)CCCS3)CC1. The number of aryl methyl sites for hydroxylation is 1. The van der Waals surface area contributed by atoms with Crippen molar-refractivity contribution in [2.45, 2.75) is 37.5 Å². The van der Waals surface area contributed by atoms with Crippen LogP contribution in [-0.4, -0.2) is 35.6 Å². The fraction of sp³-hybridized carbons (Fsp3) is 0.529. The summed E-state index contributed by atoms with van der Waals surface area (Å²) in [5, 5.41) is 3.05. The maximum atomic E-state index is 12.4. The minimum absolute atomic E-state index is 0.0148. The monoisotopic (exact) mass is 318 g/mol. The Hall–Kier alpha value is -1.49. The molecule has 1 aromatic rings. The number of thioether (sulfide) groups is 1. The average molecular weight is 318 g/mol. The Morgan fingerprint density at radius 2 is 2.05 bits per heavy atom. The van der Waals surface area contributed by atoms with Crippen LogP contribution in [0.2, 0.25) is 0 Å². The maximum absolute atomic E-state index is 12.4. The van der Waals surface area contributed by atoms with Crippen LogP contribution >= 0.6 is 11.8 Å². The Kier molecular flexibility index (Phi) is 4.71. The van der Waals surface area contributed by atoms with Crippen LogP contribution in [0.15, 0.2) is 23.1 Å². The zero-order chi connectivity index (χ0) is 15.5. The molecule has 2 heterocycles. The van der Waals surface area contributed by atoms with Crippen LogP contribution in [0.5, 0.6) is 0 Å². The lowest BCUT2D eigenvalue weighted by Crippen LogP contribution is -2.40. The van der Waals surface area contributed by atoms with Crippen molar-refractivity contribution in [1.29, 1.82) is 0 Å². The first-order valence-corrected chi connectivity index (χ1v) is 8.94. The summed E-state index contributed by atoms with van der Waals surface area (Å²) in [7, 11) is 0. The van der Waals surface area contributed by atoms with Crippen LogP contribution in [-0.2, 0) is 16.0 Å². The molecule has 3 rings (SSSR count). The zero-order valence-corrected chi connectivity index (χ0v) is 13.7. The highest BCUT2D eigenvalue weighted by molar-refractivity contribution is 7.99. The van der Waals surface area contributed by atoms with E-state index in [9.17, 15) is 9.59 Å². The lowest BCUT2D eigenvalue weighted by Gasteiger charge is -2.30. The number of hydrogen-bond acceptors (Lipinski definition) is 3. The van der Waals surface area contributed by atoms with Crippen molar-refractivity contribution in [3.8, 4) is 0 Å². The van der Waals surface area contributed by atoms with Gasteiger partial charge in [0.1, 0.15) is 0 Å². The molecule has 2 amide bonds. The summed E-state index contributed by atoms with van der Waals surface area (Å²) < 4.78 is 0. The molecule has 0 bridgehead atoms. The number of amides is 2. The Morgan fingerprint density at radius 1 is 1.27 bits per heavy atom. The van der Waals surface area contributed by atoms with Gasteiger partial charge in [-0.3, -0.25) is 9.59 Å². The number of fused-ring (bicyclic) bond motifs is 1. The number of nitrogens with zero attached hydrogens (tertiary/aromatic N) is 1. The van der Waals surface area contributed by atoms with Gasteiger partial charge in [0, 0.05) is 36.5 Å². The third-order valence-electron chi connectivity index (χ3n) is 4.49. The fourth-order valence-corrected chi connectivity index (χ4v) is 4.16. The Bertz CT molecular complexity index is 580. The first kappa shape index (κ1) is 15.4. The van der Waals surface area contributed by atoms with Crippen molar-refractivity contribution in [2.75, 3.05) is 24.2 Å². The Balaban J connectivity index is 1.59. The zero-order valence-electron chi connectivity index (χ0n) is 12.9. The van der Waals surface area contributed by atoms with E-state index < -0.39 is 0 Å². The normalized spacial score (nSPS) is 18.7. The smallest absolute Gasteiger partial charge is 0.227 e. The number of anilines is 1. The molecule has 1 fully saturated rings. The summed E-state index contributed by atoms with van der Waals surface area (Å²) in [4.78, 5) is 26.9. The second kappa shape index (κ2) is 6.73. The second-order valence-corrected chi connectivity index (χ2v) is 7.18. The van der Waals surface area contributed by atoms with Gasteiger partial charge in [0.25, 0.3) is 0 Å². The number of benzene rings is 1. The molecular formula is C17H22N2O2S. The van der Waals surface area contributed by atoms with E-state index in [1.807, 2.05) is 22.7 Å². The highest BCUT2D eigenvalue weighted by Crippen LogP contribution is 2.32. The molecule has 1 aromatic carbocycles. The molecule has 0 radical (unpaired) electrons. The molecule has 0 aromatic heterocycles. The van der Waals surface area contributed by atoms with Gasteiger partial charge in [0.2, 0.25) is 11.8 Å². The van der Waals surface area contributed by atoms with Gasteiger partial charge in [-0.25, -0.2) is 0 Å². The van der Waals surface area contributed by atoms with Crippen molar-refractivity contribution < 1.29 is 9.59 Å². The van der Waals surface area contributed by atoms with Crippen molar-refractivity contribution >= 4 is 29.3 Å². The molecule has 2 aliphatic heterocycles. The third-order valence-corrected chi connectivity index (χ3v) is 5.69.